The van der Waals surface area contributed by atoms with E-state index in [4.69, 9.17) is 9.30 Å². The molecule has 0 N–H and O–H groups in total. The molecule has 1 atom stereocenters. The first-order valence-electron chi connectivity index (χ1n) is 9.79. The van der Waals surface area contributed by atoms with E-state index >= 15 is 0 Å². The Kier molecular flexibility index (Phi) is 12.8. The van der Waals surface area contributed by atoms with E-state index < -0.39 is 6.10 Å². The van der Waals surface area contributed by atoms with Crippen LogP contribution in [0.3, 0.4) is 0 Å². The van der Waals surface area contributed by atoms with Crippen molar-refractivity contribution in [1.29, 1.82) is 0 Å². The number of carbonyl (C=O) groups is 2. The molecule has 0 saturated heterocycles. The van der Waals surface area contributed by atoms with Gasteiger partial charge in [-0.1, -0.05) is 64.2 Å². The average molecular weight is 394 g/mol. The van der Waals surface area contributed by atoms with E-state index in [0.717, 1.165) is 36.0 Å². The molecule has 5 heteroatoms. The molecule has 1 unspecified atom stereocenters. The molecular weight excluding hydrogens is 359 g/mol. The van der Waals surface area contributed by atoms with Crippen LogP contribution in [0.2, 0.25) is 0 Å². The summed E-state index contributed by atoms with van der Waals surface area (Å²) in [6, 6.07) is 4.01. The molecule has 0 heterocycles. The summed E-state index contributed by atoms with van der Waals surface area (Å²) < 4.78 is 13.6. The lowest BCUT2D eigenvalue weighted by Gasteiger charge is -2.22. The number of Topliss-reactive ketones (excluding diaryl/α,β-unsaturated/α-hetero) is 1. The Labute approximate surface area is 166 Å². The zero-order chi connectivity index (χ0) is 21.0. The molecule has 0 aliphatic carbocycles. The summed E-state index contributed by atoms with van der Waals surface area (Å²) >= 11 is 0. The maximum atomic E-state index is 13.0. The van der Waals surface area contributed by atoms with Gasteiger partial charge in [0.25, 0.3) is 0 Å². The highest BCUT2D eigenvalue weighted by Gasteiger charge is 2.29. The van der Waals surface area contributed by atoms with Crippen LogP contribution in [0.4, 0.5) is 0 Å². The van der Waals surface area contributed by atoms with Crippen molar-refractivity contribution in [2.75, 3.05) is 0 Å². The van der Waals surface area contributed by atoms with Gasteiger partial charge in [-0.25, -0.2) is 0 Å². The van der Waals surface area contributed by atoms with Gasteiger partial charge in [-0.15, -0.1) is 0 Å². The molecule has 0 spiro atoms. The average Bonchev–Trinajstić information content (AvgIpc) is 2.60. The Balaban J connectivity index is 0.00000326. The molecule has 0 aliphatic heterocycles. The molecule has 0 radical (unpaired) electrons. The second kappa shape index (κ2) is 13.6. The highest BCUT2D eigenvalue weighted by atomic mass is 31.0. The van der Waals surface area contributed by atoms with Gasteiger partial charge in [0.1, 0.15) is 9.12 Å². The topological polar surface area (TPSA) is 60.4 Å². The van der Waals surface area contributed by atoms with Gasteiger partial charge < -0.3 is 4.74 Å². The minimum absolute atomic E-state index is 0.0448. The molecular formula is C22H35O4P. The monoisotopic (exact) mass is 394 g/mol. The molecule has 0 saturated carbocycles. The van der Waals surface area contributed by atoms with E-state index in [9.17, 15) is 9.59 Å². The summed E-state index contributed by atoms with van der Waals surface area (Å²) in [5.41, 5.74) is 3.73. The summed E-state index contributed by atoms with van der Waals surface area (Å²) in [6.07, 6.45) is 5.10. The van der Waals surface area contributed by atoms with Crippen LogP contribution in [0.25, 0.3) is 0 Å². The van der Waals surface area contributed by atoms with Crippen LogP contribution in [0.5, 0.6) is 0 Å². The Morgan fingerprint density at radius 1 is 0.963 bits per heavy atom. The van der Waals surface area contributed by atoms with Crippen LogP contribution in [0, 0.1) is 26.7 Å². The lowest BCUT2D eigenvalue weighted by atomic mass is 9.90. The fourth-order valence-corrected chi connectivity index (χ4v) is 3.28. The number of carbonyl (C=O) groups excluding carboxylic acids is 2. The molecule has 27 heavy (non-hydrogen) atoms. The second-order valence-corrected chi connectivity index (χ2v) is 7.46. The lowest BCUT2D eigenvalue weighted by Crippen LogP contribution is -2.33. The zero-order valence-corrected chi connectivity index (χ0v) is 18.7. The molecule has 1 rings (SSSR count). The summed E-state index contributed by atoms with van der Waals surface area (Å²) in [4.78, 5) is 25.2. The molecule has 1 aromatic carbocycles. The summed E-state index contributed by atoms with van der Waals surface area (Å²) in [5.74, 6) is -0.382. The van der Waals surface area contributed by atoms with Gasteiger partial charge in [-0.3, -0.25) is 14.2 Å². The molecule has 0 aromatic heterocycles. The Hall–Kier alpha value is -1.54. The van der Waals surface area contributed by atoms with Gasteiger partial charge in [0.15, 0.2) is 6.10 Å². The molecule has 152 valence electrons. The quantitative estimate of drug-likeness (QED) is 0.205. The van der Waals surface area contributed by atoms with Crippen LogP contribution in [0.15, 0.2) is 12.1 Å². The molecule has 4 nitrogen and oxygen atoms in total. The smallest absolute Gasteiger partial charge is 0.306 e. The number of aryl methyl sites for hydroxylation is 3. The number of hydrogen-bond donors (Lipinski definition) is 0. The van der Waals surface area contributed by atoms with Crippen molar-refractivity contribution in [3.05, 3.63) is 34.4 Å². The molecule has 0 bridgehead atoms. The predicted molar refractivity (Wildman–Crippen MR) is 112 cm³/mol. The van der Waals surface area contributed by atoms with E-state index in [1.807, 2.05) is 46.8 Å². The van der Waals surface area contributed by atoms with Crippen molar-refractivity contribution < 1.29 is 18.9 Å². The van der Waals surface area contributed by atoms with E-state index in [0.29, 0.717) is 12.0 Å². The van der Waals surface area contributed by atoms with Gasteiger partial charge in [0.2, 0.25) is 5.78 Å². The maximum Gasteiger partial charge on any atom is 0.306 e. The fourth-order valence-electron chi connectivity index (χ4n) is 3.28. The number of unbranched alkanes of at least 4 members (excludes halogenated alkanes) is 4. The number of rotatable bonds is 10. The molecule has 0 amide bonds. The van der Waals surface area contributed by atoms with Crippen molar-refractivity contribution in [2.24, 2.45) is 5.92 Å². The second-order valence-electron chi connectivity index (χ2n) is 7.46. The third-order valence-corrected chi connectivity index (χ3v) is 4.53. The largest absolute Gasteiger partial charge is 0.454 e. The minimum Gasteiger partial charge on any atom is -0.454 e. The number of benzene rings is 1. The predicted octanol–water partition coefficient (Wildman–Crippen LogP) is 6.20. The van der Waals surface area contributed by atoms with Crippen LogP contribution in [0.1, 0.15) is 86.3 Å². The van der Waals surface area contributed by atoms with E-state index in [1.165, 1.54) is 12.8 Å². The Bertz CT molecular complexity index is 587. The van der Waals surface area contributed by atoms with Gasteiger partial charge in [0.05, 0.1) is 0 Å². The van der Waals surface area contributed by atoms with Gasteiger partial charge >= 0.3 is 5.97 Å². The van der Waals surface area contributed by atoms with Crippen molar-refractivity contribution in [3.63, 3.8) is 0 Å². The summed E-state index contributed by atoms with van der Waals surface area (Å²) in [7, 11) is 1.72. The first kappa shape index (κ1) is 25.5. The standard InChI is InChI=1S/C22H34O3.HOP/c1-7-8-9-10-11-12-19(23)25-22(15(2)3)21(24)20-17(5)13-16(4)14-18(20)6;1-2/h13-15,22H,7-12H2,1-6H3;2H. The Morgan fingerprint density at radius 3 is 1.96 bits per heavy atom. The van der Waals surface area contributed by atoms with E-state index in [-0.39, 0.29) is 17.7 Å². The van der Waals surface area contributed by atoms with Crippen molar-refractivity contribution >= 4 is 20.9 Å². The number of ether oxygens (including phenoxy) is 1. The highest BCUT2D eigenvalue weighted by Crippen LogP contribution is 2.22. The fraction of sp³-hybridized carbons (Fsp3) is 0.636. The van der Waals surface area contributed by atoms with Crippen LogP contribution >= 0.6 is 9.12 Å². The molecule has 0 aliphatic rings. The minimum atomic E-state index is -0.705. The summed E-state index contributed by atoms with van der Waals surface area (Å²) in [5, 5.41) is 0. The maximum absolute atomic E-state index is 13.0. The molecule has 0 fully saturated rings. The van der Waals surface area contributed by atoms with Gasteiger partial charge in [-0.2, -0.15) is 0 Å². The first-order chi connectivity index (χ1) is 12.8. The number of ketones is 1. The SMILES string of the molecule is CCCCCCCC(=O)OC(C(=O)c1c(C)cc(C)cc1C)C(C)C.O=P. The zero-order valence-electron chi connectivity index (χ0n) is 17.7. The first-order valence-corrected chi connectivity index (χ1v) is 10.2. The molecule has 1 aromatic rings. The third kappa shape index (κ3) is 8.79. The number of hydrogen-bond acceptors (Lipinski definition) is 4. The van der Waals surface area contributed by atoms with Crippen LogP contribution in [-0.2, 0) is 14.1 Å². The summed E-state index contributed by atoms with van der Waals surface area (Å²) in [6.45, 7) is 11.9. The Morgan fingerprint density at radius 2 is 1.48 bits per heavy atom. The third-order valence-electron chi connectivity index (χ3n) is 4.53. The lowest BCUT2D eigenvalue weighted by molar-refractivity contribution is -0.148. The van der Waals surface area contributed by atoms with Gasteiger partial charge in [-0.05, 0) is 44.2 Å². The van der Waals surface area contributed by atoms with E-state index in [1.54, 1.807) is 9.12 Å². The van der Waals surface area contributed by atoms with Crippen LogP contribution < -0.4 is 0 Å². The van der Waals surface area contributed by atoms with Gasteiger partial charge in [0, 0.05) is 12.0 Å². The normalized spacial score (nSPS) is 11.5. The van der Waals surface area contributed by atoms with Crippen LogP contribution in [-0.4, -0.2) is 17.9 Å². The van der Waals surface area contributed by atoms with Crippen molar-refractivity contribution in [1.82, 2.24) is 0 Å². The highest BCUT2D eigenvalue weighted by molar-refractivity contribution is 7.00. The van der Waals surface area contributed by atoms with E-state index in [2.05, 4.69) is 6.92 Å². The van der Waals surface area contributed by atoms with Crippen molar-refractivity contribution in [2.45, 2.75) is 86.2 Å². The van der Waals surface area contributed by atoms with Crippen molar-refractivity contribution in [3.8, 4) is 0 Å². The number of esters is 1.